The molecule has 4 heteroatoms. The van der Waals surface area contributed by atoms with E-state index < -0.39 is 5.97 Å². The van der Waals surface area contributed by atoms with E-state index in [-0.39, 0.29) is 16.9 Å². The number of nitrogens with one attached hydrogen (secondary N) is 1. The lowest BCUT2D eigenvalue weighted by molar-refractivity contribution is -0.130. The van der Waals surface area contributed by atoms with Crippen molar-refractivity contribution in [1.29, 1.82) is 0 Å². The van der Waals surface area contributed by atoms with Gasteiger partial charge in [-0.3, -0.25) is 0 Å². The van der Waals surface area contributed by atoms with Gasteiger partial charge in [0.1, 0.15) is 11.5 Å². The van der Waals surface area contributed by atoms with Crippen LogP contribution in [0.25, 0.3) is 5.70 Å². The summed E-state index contributed by atoms with van der Waals surface area (Å²) in [6, 6.07) is 18.5. The molecule has 0 fully saturated rings. The number of allylic oxidation sites excluding steroid dienone is 1. The number of hydrogen-bond donors (Lipinski definition) is 2. The van der Waals surface area contributed by atoms with Gasteiger partial charge >= 0.3 is 5.97 Å². The van der Waals surface area contributed by atoms with Gasteiger partial charge in [-0.1, -0.05) is 48.5 Å². The zero-order chi connectivity index (χ0) is 20.0. The van der Waals surface area contributed by atoms with Crippen LogP contribution in [-0.4, -0.2) is 16.6 Å². The van der Waals surface area contributed by atoms with Gasteiger partial charge in [0.25, 0.3) is 0 Å². The smallest absolute Gasteiger partial charge is 0.342 e. The summed E-state index contributed by atoms with van der Waals surface area (Å²) in [7, 11) is 0. The van der Waals surface area contributed by atoms with Crippen molar-refractivity contribution in [2.24, 2.45) is 0 Å². The molecule has 0 aliphatic carbocycles. The predicted molar refractivity (Wildman–Crippen MR) is 109 cm³/mol. The summed E-state index contributed by atoms with van der Waals surface area (Å²) in [4.78, 5) is 12.4. The number of hydrogen-bond acceptors (Lipinski definition) is 4. The molecule has 142 valence electrons. The summed E-state index contributed by atoms with van der Waals surface area (Å²) in [6.07, 6.45) is 0. The molecule has 0 aliphatic rings. The average molecular weight is 365 g/mol. The number of benzene rings is 2. The molecule has 2 aromatic rings. The van der Waals surface area contributed by atoms with Crippen molar-refractivity contribution in [3.63, 3.8) is 0 Å². The number of esters is 1. The van der Waals surface area contributed by atoms with Crippen LogP contribution >= 0.6 is 0 Å². The Bertz CT molecular complexity index is 844. The lowest BCUT2D eigenvalue weighted by Gasteiger charge is -2.26. The number of rotatable bonds is 5. The highest BCUT2D eigenvalue weighted by molar-refractivity contribution is 5.91. The van der Waals surface area contributed by atoms with Crippen LogP contribution in [0.15, 0.2) is 77.6 Å². The Balaban J connectivity index is 2.42. The third-order valence-corrected chi connectivity index (χ3v) is 3.91. The van der Waals surface area contributed by atoms with Crippen LogP contribution in [0, 0.1) is 0 Å². The summed E-state index contributed by atoms with van der Waals surface area (Å²) in [5.74, 6) is -0.236. The fraction of sp³-hybridized carbons (Fsp3) is 0.261. The van der Waals surface area contributed by atoms with Crippen LogP contribution in [0.2, 0.25) is 0 Å². The number of aliphatic hydroxyl groups is 1. The number of aliphatic hydroxyl groups excluding tert-OH is 1. The van der Waals surface area contributed by atoms with E-state index in [4.69, 9.17) is 4.74 Å². The van der Waals surface area contributed by atoms with Crippen LogP contribution in [-0.2, 0) is 4.79 Å². The van der Waals surface area contributed by atoms with E-state index in [2.05, 4.69) is 5.32 Å². The third-order valence-electron chi connectivity index (χ3n) is 3.91. The molecule has 0 amide bonds. The molecule has 0 spiro atoms. The van der Waals surface area contributed by atoms with E-state index in [0.29, 0.717) is 11.3 Å². The van der Waals surface area contributed by atoms with E-state index in [9.17, 15) is 9.90 Å². The van der Waals surface area contributed by atoms with Crippen LogP contribution in [0.3, 0.4) is 0 Å². The Morgan fingerprint density at radius 2 is 1.41 bits per heavy atom. The van der Waals surface area contributed by atoms with Crippen molar-refractivity contribution in [2.45, 2.75) is 40.2 Å². The SMILES string of the molecule is C/C(C(=O)Oc1ccccc1)=C(O)\C(C)=C(/NC(C)(C)C)c1ccccc1. The van der Waals surface area contributed by atoms with Gasteiger partial charge in [0.15, 0.2) is 0 Å². The third kappa shape index (κ3) is 5.74. The monoisotopic (exact) mass is 365 g/mol. The van der Waals surface area contributed by atoms with Crippen LogP contribution in [0.5, 0.6) is 5.75 Å². The van der Waals surface area contributed by atoms with Gasteiger partial charge in [0, 0.05) is 16.8 Å². The first-order chi connectivity index (χ1) is 12.7. The summed E-state index contributed by atoms with van der Waals surface area (Å²) in [5, 5.41) is 14.2. The van der Waals surface area contributed by atoms with Gasteiger partial charge in [0.2, 0.25) is 0 Å². The zero-order valence-corrected chi connectivity index (χ0v) is 16.5. The number of carbonyl (C=O) groups is 1. The maximum Gasteiger partial charge on any atom is 0.342 e. The normalized spacial score (nSPS) is 13.4. The van der Waals surface area contributed by atoms with Crippen molar-refractivity contribution < 1.29 is 14.6 Å². The molecule has 0 saturated carbocycles. The predicted octanol–water partition coefficient (Wildman–Crippen LogP) is 5.24. The largest absolute Gasteiger partial charge is 0.507 e. The first kappa shape index (κ1) is 20.3. The van der Waals surface area contributed by atoms with E-state index in [0.717, 1.165) is 11.3 Å². The molecule has 0 unspecified atom stereocenters. The number of ether oxygens (including phenoxy) is 1. The second-order valence-corrected chi connectivity index (χ2v) is 7.42. The summed E-state index contributed by atoms with van der Waals surface area (Å²) in [5.41, 5.74) is 2.22. The number of para-hydroxylation sites is 1. The molecule has 2 rings (SSSR count). The minimum Gasteiger partial charge on any atom is -0.507 e. The minimum absolute atomic E-state index is 0.0912. The second-order valence-electron chi connectivity index (χ2n) is 7.42. The van der Waals surface area contributed by atoms with Crippen molar-refractivity contribution in [1.82, 2.24) is 5.32 Å². The Morgan fingerprint density at radius 1 is 0.889 bits per heavy atom. The van der Waals surface area contributed by atoms with Gasteiger partial charge in [-0.15, -0.1) is 0 Å². The van der Waals surface area contributed by atoms with Gasteiger partial charge in [-0.05, 0) is 52.3 Å². The van der Waals surface area contributed by atoms with Crippen molar-refractivity contribution in [3.8, 4) is 5.75 Å². The topological polar surface area (TPSA) is 58.6 Å². The summed E-state index contributed by atoms with van der Waals surface area (Å²) < 4.78 is 5.33. The zero-order valence-electron chi connectivity index (χ0n) is 16.5. The maximum absolute atomic E-state index is 12.4. The van der Waals surface area contributed by atoms with Crippen molar-refractivity contribution >= 4 is 11.7 Å². The standard InChI is InChI=1S/C23H27NO3/c1-16(20(24-23(3,4)5)18-12-8-6-9-13-18)21(25)17(2)22(26)27-19-14-10-7-11-15-19/h6-15,24-25H,1-5H3/b20-16-,21-17-. The highest BCUT2D eigenvalue weighted by Gasteiger charge is 2.20. The molecule has 0 bridgehead atoms. The lowest BCUT2D eigenvalue weighted by atomic mass is 10.00. The highest BCUT2D eigenvalue weighted by Crippen LogP contribution is 2.25. The van der Waals surface area contributed by atoms with E-state index >= 15 is 0 Å². The van der Waals surface area contributed by atoms with Crippen molar-refractivity contribution in [2.75, 3.05) is 0 Å². The summed E-state index contributed by atoms with van der Waals surface area (Å²) >= 11 is 0. The first-order valence-corrected chi connectivity index (χ1v) is 8.91. The molecule has 0 aliphatic heterocycles. The fourth-order valence-corrected chi connectivity index (χ4v) is 2.53. The highest BCUT2D eigenvalue weighted by atomic mass is 16.5. The maximum atomic E-state index is 12.4. The summed E-state index contributed by atoms with van der Waals surface area (Å²) in [6.45, 7) is 9.47. The molecule has 2 N–H and O–H groups in total. The molecule has 4 nitrogen and oxygen atoms in total. The Labute approximate surface area is 161 Å². The quantitative estimate of drug-likeness (QED) is 0.250. The van der Waals surface area contributed by atoms with Gasteiger partial charge in [-0.25, -0.2) is 4.79 Å². The van der Waals surface area contributed by atoms with Crippen LogP contribution in [0.1, 0.15) is 40.2 Å². The number of carbonyl (C=O) groups excluding carboxylic acids is 1. The van der Waals surface area contributed by atoms with Crippen molar-refractivity contribution in [3.05, 3.63) is 83.1 Å². The van der Waals surface area contributed by atoms with Crippen LogP contribution < -0.4 is 10.1 Å². The Kier molecular flexibility index (Phi) is 6.45. The Hall–Kier alpha value is -3.01. The molecular weight excluding hydrogens is 338 g/mol. The van der Waals surface area contributed by atoms with Gasteiger partial charge in [-0.2, -0.15) is 0 Å². The molecular formula is C23H27NO3. The molecule has 2 aromatic carbocycles. The molecule has 0 aromatic heterocycles. The first-order valence-electron chi connectivity index (χ1n) is 8.91. The molecule has 0 radical (unpaired) electrons. The lowest BCUT2D eigenvalue weighted by Crippen LogP contribution is -2.35. The van der Waals surface area contributed by atoms with Gasteiger partial charge < -0.3 is 15.2 Å². The molecule has 0 saturated heterocycles. The minimum atomic E-state index is -0.582. The van der Waals surface area contributed by atoms with Crippen LogP contribution in [0.4, 0.5) is 0 Å². The molecule has 0 atom stereocenters. The van der Waals surface area contributed by atoms with E-state index in [1.807, 2.05) is 57.2 Å². The van der Waals surface area contributed by atoms with Gasteiger partial charge in [0.05, 0.1) is 5.57 Å². The second kappa shape index (κ2) is 8.58. The van der Waals surface area contributed by atoms with E-state index in [1.54, 1.807) is 38.1 Å². The molecule has 0 heterocycles. The average Bonchev–Trinajstić information content (AvgIpc) is 2.65. The fourth-order valence-electron chi connectivity index (χ4n) is 2.53. The Morgan fingerprint density at radius 3 is 1.93 bits per heavy atom. The molecule has 27 heavy (non-hydrogen) atoms. The van der Waals surface area contributed by atoms with E-state index in [1.165, 1.54) is 0 Å².